The normalized spacial score (nSPS) is 18.2. The lowest BCUT2D eigenvalue weighted by Crippen LogP contribution is -2.60. The molecule has 1 aliphatic heterocycles. The topological polar surface area (TPSA) is 119 Å². The molecule has 3 amide bonds. The summed E-state index contributed by atoms with van der Waals surface area (Å²) < 4.78 is 1.95. The maximum atomic E-state index is 14.1. The van der Waals surface area contributed by atoms with Gasteiger partial charge < -0.3 is 16.4 Å². The smallest absolute Gasteiger partial charge is 0.255 e. The lowest BCUT2D eigenvalue weighted by molar-refractivity contribution is -0.133. The van der Waals surface area contributed by atoms with Crippen LogP contribution in [0.2, 0.25) is 0 Å². The van der Waals surface area contributed by atoms with E-state index in [0.29, 0.717) is 17.5 Å². The summed E-state index contributed by atoms with van der Waals surface area (Å²) in [7, 11) is 0. The summed E-state index contributed by atoms with van der Waals surface area (Å²) in [5.74, 6) is -1.47. The van der Waals surface area contributed by atoms with Crippen molar-refractivity contribution in [1.82, 2.24) is 20.4 Å². The number of hydrogen-bond acceptors (Lipinski definition) is 4. The van der Waals surface area contributed by atoms with Crippen LogP contribution in [0.25, 0.3) is 0 Å². The van der Waals surface area contributed by atoms with Crippen LogP contribution in [-0.4, -0.2) is 33.5 Å². The number of amides is 3. The van der Waals surface area contributed by atoms with Crippen molar-refractivity contribution in [2.75, 3.05) is 0 Å². The first-order chi connectivity index (χ1) is 19.4. The number of aromatic nitrogens is 2. The highest BCUT2D eigenvalue weighted by molar-refractivity contribution is 6.01. The zero-order chi connectivity index (χ0) is 29.9. The molecule has 2 heterocycles. The summed E-state index contributed by atoms with van der Waals surface area (Å²) in [5.41, 5.74) is 8.18. The van der Waals surface area contributed by atoms with E-state index in [1.54, 1.807) is 6.20 Å². The number of nitrogens with two attached hydrogens (primary N) is 1. The van der Waals surface area contributed by atoms with E-state index in [1.807, 2.05) is 67.9 Å². The molecule has 1 aromatic heterocycles. The number of carbonyl (C=O) groups is 3. The molecule has 0 saturated heterocycles. The van der Waals surface area contributed by atoms with Crippen molar-refractivity contribution in [3.05, 3.63) is 88.7 Å². The van der Waals surface area contributed by atoms with Crippen molar-refractivity contribution in [2.45, 2.75) is 90.3 Å². The van der Waals surface area contributed by atoms with Crippen LogP contribution in [0.1, 0.15) is 93.0 Å². The Morgan fingerprint density at radius 2 is 1.73 bits per heavy atom. The molecule has 41 heavy (non-hydrogen) atoms. The van der Waals surface area contributed by atoms with Gasteiger partial charge in [0, 0.05) is 0 Å². The van der Waals surface area contributed by atoms with Crippen molar-refractivity contribution in [1.29, 1.82) is 0 Å². The molecule has 4 N–H and O–H groups in total. The third-order valence-corrected chi connectivity index (χ3v) is 8.50. The molecule has 0 spiro atoms. The fourth-order valence-electron chi connectivity index (χ4n) is 6.07. The maximum Gasteiger partial charge on any atom is 0.255 e. The largest absolute Gasteiger partial charge is 0.368 e. The van der Waals surface area contributed by atoms with Gasteiger partial charge in [-0.3, -0.25) is 19.1 Å². The van der Waals surface area contributed by atoms with Gasteiger partial charge in [0.05, 0.1) is 23.0 Å². The van der Waals surface area contributed by atoms with Gasteiger partial charge in [0.1, 0.15) is 11.6 Å². The fraction of sp³-hybridized carbons (Fsp3) is 0.455. The number of benzene rings is 2. The lowest BCUT2D eigenvalue weighted by Gasteiger charge is -2.38. The van der Waals surface area contributed by atoms with E-state index >= 15 is 0 Å². The molecule has 8 heteroatoms. The quantitative estimate of drug-likeness (QED) is 0.338. The molecule has 1 unspecified atom stereocenters. The van der Waals surface area contributed by atoms with Crippen molar-refractivity contribution < 1.29 is 14.4 Å². The van der Waals surface area contributed by atoms with E-state index in [1.165, 1.54) is 5.56 Å². The number of aryl methyl sites for hydroxylation is 1. The van der Waals surface area contributed by atoms with E-state index in [4.69, 9.17) is 5.73 Å². The Morgan fingerprint density at radius 1 is 1.07 bits per heavy atom. The van der Waals surface area contributed by atoms with Crippen LogP contribution in [-0.2, 0) is 33.5 Å². The molecule has 2 aromatic carbocycles. The highest BCUT2D eigenvalue weighted by atomic mass is 16.2. The molecule has 0 radical (unpaired) electrons. The Hall–Kier alpha value is -3.94. The summed E-state index contributed by atoms with van der Waals surface area (Å²) >= 11 is 0. The lowest BCUT2D eigenvalue weighted by atomic mass is 9.79. The maximum absolute atomic E-state index is 14.1. The number of nitrogens with one attached hydrogen (secondary N) is 2. The van der Waals surface area contributed by atoms with Crippen molar-refractivity contribution in [2.24, 2.45) is 11.7 Å². The van der Waals surface area contributed by atoms with E-state index in [2.05, 4.69) is 48.6 Å². The summed E-state index contributed by atoms with van der Waals surface area (Å²) in [4.78, 5) is 40.4. The van der Waals surface area contributed by atoms with Crippen LogP contribution in [0.3, 0.4) is 0 Å². The van der Waals surface area contributed by atoms with E-state index in [9.17, 15) is 14.4 Å². The van der Waals surface area contributed by atoms with Crippen molar-refractivity contribution >= 4 is 17.7 Å². The first-order valence-electron chi connectivity index (χ1n) is 14.6. The minimum atomic E-state index is -1.43. The average molecular weight is 558 g/mol. The summed E-state index contributed by atoms with van der Waals surface area (Å²) in [6, 6.07) is 17.1. The Labute approximate surface area is 243 Å². The Kier molecular flexibility index (Phi) is 8.71. The predicted octanol–water partition coefficient (Wildman–Crippen LogP) is 4.57. The van der Waals surface area contributed by atoms with Gasteiger partial charge in [-0.1, -0.05) is 82.3 Å². The third-order valence-electron chi connectivity index (χ3n) is 8.50. The minimum Gasteiger partial charge on any atom is -0.368 e. The zero-order valence-corrected chi connectivity index (χ0v) is 25.0. The van der Waals surface area contributed by atoms with Gasteiger partial charge in [-0.05, 0) is 68.1 Å². The van der Waals surface area contributed by atoms with Gasteiger partial charge >= 0.3 is 0 Å². The van der Waals surface area contributed by atoms with Crippen molar-refractivity contribution in [3.8, 4) is 0 Å². The monoisotopic (exact) mass is 557 g/mol. The molecule has 4 rings (SSSR count). The standard InChI is InChI=1S/C33H43N5O3/c1-7-22-14-16-25(17-15-22)33(8-2,31(41)36-28(21(3)4)29(34)39)37-30(40)26-20-35-38-27(26)18-24(19-32(38,5)6)23-12-10-9-11-13-23/h9-17,20-21,24,28H,7-8,18-19H2,1-6H3,(H2,34,39)(H,36,41)(H,37,40)/t24-,28-,33?/m0/s1. The average Bonchev–Trinajstić information content (AvgIpc) is 3.40. The number of fused-ring (bicyclic) bond motifs is 1. The molecule has 218 valence electrons. The highest BCUT2D eigenvalue weighted by Gasteiger charge is 2.44. The van der Waals surface area contributed by atoms with E-state index in [0.717, 1.165) is 24.1 Å². The van der Waals surface area contributed by atoms with Crippen LogP contribution < -0.4 is 16.4 Å². The number of rotatable bonds is 10. The summed E-state index contributed by atoms with van der Waals surface area (Å²) in [6.45, 7) is 11.8. The number of hydrogen-bond donors (Lipinski definition) is 3. The van der Waals surface area contributed by atoms with Crippen molar-refractivity contribution in [3.63, 3.8) is 0 Å². The van der Waals surface area contributed by atoms with Crippen LogP contribution in [0.4, 0.5) is 0 Å². The van der Waals surface area contributed by atoms with Gasteiger partial charge in [-0.25, -0.2) is 0 Å². The van der Waals surface area contributed by atoms with Crippen LogP contribution in [0.5, 0.6) is 0 Å². The van der Waals surface area contributed by atoms with Gasteiger partial charge in [-0.2, -0.15) is 5.10 Å². The third kappa shape index (κ3) is 5.92. The second-order valence-corrected chi connectivity index (χ2v) is 12.1. The number of nitrogens with zero attached hydrogens (tertiary/aromatic N) is 2. The van der Waals surface area contributed by atoms with Gasteiger partial charge in [0.2, 0.25) is 5.91 Å². The molecular formula is C33H43N5O3. The Bertz CT molecular complexity index is 1390. The Morgan fingerprint density at radius 3 is 2.29 bits per heavy atom. The molecule has 0 aliphatic carbocycles. The SMILES string of the molecule is CCc1ccc(C(CC)(NC(=O)c2cnn3c2C[C@H](c2ccccc2)CC3(C)C)C(=O)N[C@H](C(N)=O)C(C)C)cc1. The molecule has 3 atom stereocenters. The summed E-state index contributed by atoms with van der Waals surface area (Å²) in [6.07, 6.45) is 4.27. The second kappa shape index (κ2) is 11.9. The van der Waals surface area contributed by atoms with Gasteiger partial charge in [0.15, 0.2) is 0 Å². The number of carbonyl (C=O) groups excluding carboxylic acids is 3. The fourth-order valence-corrected chi connectivity index (χ4v) is 6.07. The van der Waals surface area contributed by atoms with Crippen LogP contribution >= 0.6 is 0 Å². The first kappa shape index (κ1) is 30.0. The molecule has 0 bridgehead atoms. The van der Waals surface area contributed by atoms with Crippen LogP contribution in [0, 0.1) is 5.92 Å². The number of primary amides is 1. The van der Waals surface area contributed by atoms with E-state index in [-0.39, 0.29) is 29.7 Å². The van der Waals surface area contributed by atoms with Gasteiger partial charge in [0.25, 0.3) is 11.8 Å². The molecule has 3 aromatic rings. The molecule has 0 fully saturated rings. The molecular weight excluding hydrogens is 514 g/mol. The summed E-state index contributed by atoms with van der Waals surface area (Å²) in [5, 5.41) is 10.6. The minimum absolute atomic E-state index is 0.219. The predicted molar refractivity (Wildman–Crippen MR) is 160 cm³/mol. The first-order valence-corrected chi connectivity index (χ1v) is 14.6. The second-order valence-electron chi connectivity index (χ2n) is 12.1. The molecule has 8 nitrogen and oxygen atoms in total. The highest BCUT2D eigenvalue weighted by Crippen LogP contribution is 2.40. The van der Waals surface area contributed by atoms with Crippen LogP contribution in [0.15, 0.2) is 60.8 Å². The molecule has 0 saturated carbocycles. The van der Waals surface area contributed by atoms with E-state index < -0.39 is 23.4 Å². The van der Waals surface area contributed by atoms with Gasteiger partial charge in [-0.15, -0.1) is 0 Å². The Balaban J connectivity index is 1.74. The zero-order valence-electron chi connectivity index (χ0n) is 25.0. The molecule has 1 aliphatic rings.